The van der Waals surface area contributed by atoms with E-state index in [4.69, 9.17) is 14.2 Å². The standard InChI is InChI=1S/C17H16O4/c1-2-19-14-9-5-6-10-15(14)21-17(18)16-11-12-7-3-4-8-13(12)20-16/h3-10,16H,2,11H2,1H3. The summed E-state index contributed by atoms with van der Waals surface area (Å²) in [6.07, 6.45) is -0.0664. The van der Waals surface area contributed by atoms with E-state index in [-0.39, 0.29) is 0 Å². The number of hydrogen-bond acceptors (Lipinski definition) is 4. The molecule has 0 spiro atoms. The predicted molar refractivity (Wildman–Crippen MR) is 77.8 cm³/mol. The van der Waals surface area contributed by atoms with E-state index in [9.17, 15) is 4.79 Å². The maximum atomic E-state index is 12.2. The zero-order valence-corrected chi connectivity index (χ0v) is 11.7. The van der Waals surface area contributed by atoms with Gasteiger partial charge in [0.05, 0.1) is 6.61 Å². The van der Waals surface area contributed by atoms with Crippen LogP contribution in [-0.4, -0.2) is 18.7 Å². The van der Waals surface area contributed by atoms with Crippen LogP contribution < -0.4 is 14.2 Å². The number of para-hydroxylation sites is 3. The fourth-order valence-corrected chi connectivity index (χ4v) is 2.30. The third-order valence-electron chi connectivity index (χ3n) is 3.27. The molecule has 0 radical (unpaired) electrons. The molecule has 108 valence electrons. The zero-order valence-electron chi connectivity index (χ0n) is 11.7. The van der Waals surface area contributed by atoms with Crippen molar-refractivity contribution in [2.45, 2.75) is 19.4 Å². The van der Waals surface area contributed by atoms with Crippen molar-refractivity contribution in [2.24, 2.45) is 0 Å². The SMILES string of the molecule is CCOc1ccccc1OC(=O)C1Cc2ccccc2O1. The minimum absolute atomic E-state index is 0.404. The highest BCUT2D eigenvalue weighted by Crippen LogP contribution is 2.31. The fraction of sp³-hybridized carbons (Fsp3) is 0.235. The van der Waals surface area contributed by atoms with Gasteiger partial charge in [-0.05, 0) is 30.7 Å². The molecule has 1 heterocycles. The molecule has 0 saturated carbocycles. The molecule has 0 saturated heterocycles. The summed E-state index contributed by atoms with van der Waals surface area (Å²) in [6.45, 7) is 2.40. The predicted octanol–water partition coefficient (Wildman–Crippen LogP) is 2.99. The Morgan fingerprint density at radius 1 is 1.14 bits per heavy atom. The van der Waals surface area contributed by atoms with Crippen molar-refractivity contribution >= 4 is 5.97 Å². The van der Waals surface area contributed by atoms with Gasteiger partial charge in [0.1, 0.15) is 5.75 Å². The van der Waals surface area contributed by atoms with E-state index in [0.717, 1.165) is 11.3 Å². The summed E-state index contributed by atoms with van der Waals surface area (Å²) >= 11 is 0. The maximum absolute atomic E-state index is 12.2. The van der Waals surface area contributed by atoms with Crippen molar-refractivity contribution in [3.05, 3.63) is 54.1 Å². The van der Waals surface area contributed by atoms with E-state index in [0.29, 0.717) is 24.5 Å². The smallest absolute Gasteiger partial charge is 0.353 e. The lowest BCUT2D eigenvalue weighted by Gasteiger charge is -2.13. The van der Waals surface area contributed by atoms with Gasteiger partial charge in [0.25, 0.3) is 0 Å². The van der Waals surface area contributed by atoms with Crippen LogP contribution in [0.5, 0.6) is 17.2 Å². The first-order valence-corrected chi connectivity index (χ1v) is 6.96. The minimum Gasteiger partial charge on any atom is -0.490 e. The Bertz CT molecular complexity index is 626. The van der Waals surface area contributed by atoms with Gasteiger partial charge in [0.2, 0.25) is 0 Å². The highest BCUT2D eigenvalue weighted by Gasteiger charge is 2.30. The molecule has 1 aliphatic rings. The van der Waals surface area contributed by atoms with E-state index in [1.165, 1.54) is 0 Å². The number of carbonyl (C=O) groups is 1. The summed E-state index contributed by atoms with van der Waals surface area (Å²) in [5.41, 5.74) is 1.03. The average molecular weight is 284 g/mol. The summed E-state index contributed by atoms with van der Waals surface area (Å²) in [7, 11) is 0. The molecule has 0 N–H and O–H groups in total. The van der Waals surface area contributed by atoms with E-state index in [1.807, 2.05) is 37.3 Å². The normalized spacial score (nSPS) is 16.0. The van der Waals surface area contributed by atoms with Crippen molar-refractivity contribution in [2.75, 3.05) is 6.61 Å². The van der Waals surface area contributed by atoms with Gasteiger partial charge in [-0.15, -0.1) is 0 Å². The summed E-state index contributed by atoms with van der Waals surface area (Å²) < 4.78 is 16.5. The van der Waals surface area contributed by atoms with Crippen LogP contribution in [0.3, 0.4) is 0 Å². The van der Waals surface area contributed by atoms with Crippen LogP contribution in [0.4, 0.5) is 0 Å². The van der Waals surface area contributed by atoms with Gasteiger partial charge in [0, 0.05) is 6.42 Å². The molecular formula is C17H16O4. The monoisotopic (exact) mass is 284 g/mol. The summed E-state index contributed by atoms with van der Waals surface area (Å²) in [6, 6.07) is 14.8. The summed E-state index contributed by atoms with van der Waals surface area (Å²) in [4.78, 5) is 12.2. The van der Waals surface area contributed by atoms with E-state index < -0.39 is 12.1 Å². The second kappa shape index (κ2) is 5.87. The molecule has 4 heteroatoms. The van der Waals surface area contributed by atoms with Gasteiger partial charge < -0.3 is 14.2 Å². The highest BCUT2D eigenvalue weighted by molar-refractivity contribution is 5.79. The van der Waals surface area contributed by atoms with Gasteiger partial charge in [-0.1, -0.05) is 30.3 Å². The van der Waals surface area contributed by atoms with Crippen LogP contribution in [0.1, 0.15) is 12.5 Å². The van der Waals surface area contributed by atoms with Crippen molar-refractivity contribution < 1.29 is 19.0 Å². The van der Waals surface area contributed by atoms with Gasteiger partial charge in [0.15, 0.2) is 17.6 Å². The molecule has 1 unspecified atom stereocenters. The van der Waals surface area contributed by atoms with E-state index >= 15 is 0 Å². The molecule has 0 amide bonds. The molecule has 3 rings (SSSR count). The quantitative estimate of drug-likeness (QED) is 0.639. The van der Waals surface area contributed by atoms with Gasteiger partial charge in [-0.2, -0.15) is 0 Å². The van der Waals surface area contributed by atoms with Crippen LogP contribution in [0.25, 0.3) is 0 Å². The van der Waals surface area contributed by atoms with Gasteiger partial charge >= 0.3 is 5.97 Å². The molecule has 0 fully saturated rings. The molecule has 4 nitrogen and oxygen atoms in total. The van der Waals surface area contributed by atoms with Crippen molar-refractivity contribution in [3.63, 3.8) is 0 Å². The number of esters is 1. The Balaban J connectivity index is 1.71. The first-order chi connectivity index (χ1) is 10.3. The first-order valence-electron chi connectivity index (χ1n) is 6.96. The molecule has 2 aromatic rings. The molecule has 1 atom stereocenters. The maximum Gasteiger partial charge on any atom is 0.353 e. The lowest BCUT2D eigenvalue weighted by molar-refractivity contribution is -0.141. The fourth-order valence-electron chi connectivity index (χ4n) is 2.30. The molecule has 0 aliphatic carbocycles. The van der Waals surface area contributed by atoms with Crippen LogP contribution in [0.15, 0.2) is 48.5 Å². The van der Waals surface area contributed by atoms with Crippen molar-refractivity contribution in [1.29, 1.82) is 0 Å². The van der Waals surface area contributed by atoms with Crippen molar-refractivity contribution in [1.82, 2.24) is 0 Å². The Kier molecular flexibility index (Phi) is 3.77. The molecular weight excluding hydrogens is 268 g/mol. The van der Waals surface area contributed by atoms with Crippen molar-refractivity contribution in [3.8, 4) is 17.2 Å². The van der Waals surface area contributed by atoms with Crippen LogP contribution in [-0.2, 0) is 11.2 Å². The van der Waals surface area contributed by atoms with E-state index in [1.54, 1.807) is 18.2 Å². The summed E-state index contributed by atoms with van der Waals surface area (Å²) in [5.74, 6) is 1.32. The second-order valence-corrected chi connectivity index (χ2v) is 4.72. The zero-order chi connectivity index (χ0) is 14.7. The third kappa shape index (κ3) is 2.84. The minimum atomic E-state index is -0.600. The number of benzene rings is 2. The first kappa shape index (κ1) is 13.5. The van der Waals surface area contributed by atoms with E-state index in [2.05, 4.69) is 0 Å². The van der Waals surface area contributed by atoms with Gasteiger partial charge in [-0.25, -0.2) is 4.79 Å². The number of fused-ring (bicyclic) bond motifs is 1. The highest BCUT2D eigenvalue weighted by atomic mass is 16.6. The Hall–Kier alpha value is -2.49. The van der Waals surface area contributed by atoms with Gasteiger partial charge in [-0.3, -0.25) is 0 Å². The number of carbonyl (C=O) groups excluding carboxylic acids is 1. The third-order valence-corrected chi connectivity index (χ3v) is 3.27. The molecule has 0 bridgehead atoms. The molecule has 0 aromatic heterocycles. The number of hydrogen-bond donors (Lipinski definition) is 0. The Morgan fingerprint density at radius 3 is 2.62 bits per heavy atom. The lowest BCUT2D eigenvalue weighted by atomic mass is 10.1. The second-order valence-electron chi connectivity index (χ2n) is 4.72. The molecule has 2 aromatic carbocycles. The van der Waals surface area contributed by atoms with Crippen LogP contribution >= 0.6 is 0 Å². The number of ether oxygens (including phenoxy) is 3. The molecule has 21 heavy (non-hydrogen) atoms. The largest absolute Gasteiger partial charge is 0.490 e. The lowest BCUT2D eigenvalue weighted by Crippen LogP contribution is -2.29. The Labute approximate surface area is 123 Å². The average Bonchev–Trinajstić information content (AvgIpc) is 2.93. The summed E-state index contributed by atoms with van der Waals surface area (Å²) in [5, 5.41) is 0. The van der Waals surface area contributed by atoms with Crippen LogP contribution in [0.2, 0.25) is 0 Å². The topological polar surface area (TPSA) is 44.8 Å². The van der Waals surface area contributed by atoms with Crippen LogP contribution in [0, 0.1) is 0 Å². The molecule has 1 aliphatic heterocycles. The Morgan fingerprint density at radius 2 is 1.86 bits per heavy atom. The number of rotatable bonds is 4.